The first-order valence-corrected chi connectivity index (χ1v) is 8.57. The van der Waals surface area contributed by atoms with E-state index in [0.29, 0.717) is 11.3 Å². The van der Waals surface area contributed by atoms with Crippen LogP contribution in [0.5, 0.6) is 0 Å². The first-order chi connectivity index (χ1) is 12.8. The third kappa shape index (κ3) is 3.89. The maximum atomic E-state index is 13.2. The molecular formula is C19H20FN3O4. The summed E-state index contributed by atoms with van der Waals surface area (Å²) in [6.45, 7) is 3.50. The zero-order valence-electron chi connectivity index (χ0n) is 15.1. The van der Waals surface area contributed by atoms with E-state index in [-0.39, 0.29) is 31.1 Å². The number of amides is 1. The summed E-state index contributed by atoms with van der Waals surface area (Å²) in [5.74, 6) is -3.01. The summed E-state index contributed by atoms with van der Waals surface area (Å²) >= 11 is 0. The Bertz CT molecular complexity index is 939. The molecule has 27 heavy (non-hydrogen) atoms. The summed E-state index contributed by atoms with van der Waals surface area (Å²) in [4.78, 5) is 37.7. The Morgan fingerprint density at radius 2 is 1.89 bits per heavy atom. The van der Waals surface area contributed by atoms with Gasteiger partial charge in [-0.1, -0.05) is 12.1 Å². The molecule has 1 aliphatic heterocycles. The SMILES string of the molecule is Cc1cc(=O)n(CC(=O)N2C[C@@H](C(=O)O)[C@H](c3ccc(F)cc3)C2)nc1C. The normalized spacial score (nSPS) is 19.3. The molecule has 8 heteroatoms. The minimum Gasteiger partial charge on any atom is -0.481 e. The molecular weight excluding hydrogens is 353 g/mol. The Morgan fingerprint density at radius 1 is 1.22 bits per heavy atom. The lowest BCUT2D eigenvalue weighted by molar-refractivity contribution is -0.141. The molecule has 0 spiro atoms. The van der Waals surface area contributed by atoms with Crippen molar-refractivity contribution in [1.82, 2.24) is 14.7 Å². The molecule has 0 radical (unpaired) electrons. The highest BCUT2D eigenvalue weighted by atomic mass is 19.1. The van der Waals surface area contributed by atoms with E-state index < -0.39 is 23.6 Å². The molecule has 1 aliphatic rings. The molecule has 1 N–H and O–H groups in total. The number of nitrogens with zero attached hydrogens (tertiary/aromatic N) is 3. The minimum atomic E-state index is -1.01. The fourth-order valence-electron chi connectivity index (χ4n) is 3.32. The lowest BCUT2D eigenvalue weighted by Gasteiger charge is -2.17. The van der Waals surface area contributed by atoms with Gasteiger partial charge in [-0.2, -0.15) is 5.10 Å². The highest BCUT2D eigenvalue weighted by Crippen LogP contribution is 2.33. The first kappa shape index (κ1) is 18.8. The van der Waals surface area contributed by atoms with Crippen LogP contribution in [0.25, 0.3) is 0 Å². The van der Waals surface area contributed by atoms with Gasteiger partial charge in [0.15, 0.2) is 0 Å². The van der Waals surface area contributed by atoms with Gasteiger partial charge in [-0.3, -0.25) is 14.4 Å². The lowest BCUT2D eigenvalue weighted by atomic mass is 9.89. The second-order valence-electron chi connectivity index (χ2n) is 6.81. The van der Waals surface area contributed by atoms with Crippen LogP contribution < -0.4 is 5.56 Å². The van der Waals surface area contributed by atoms with Crippen molar-refractivity contribution in [1.29, 1.82) is 0 Å². The van der Waals surface area contributed by atoms with Gasteiger partial charge >= 0.3 is 5.97 Å². The Balaban J connectivity index is 1.80. The van der Waals surface area contributed by atoms with E-state index in [0.717, 1.165) is 10.2 Å². The monoisotopic (exact) mass is 373 g/mol. The molecule has 142 valence electrons. The van der Waals surface area contributed by atoms with Crippen LogP contribution in [0.4, 0.5) is 4.39 Å². The van der Waals surface area contributed by atoms with Gasteiger partial charge in [0, 0.05) is 25.1 Å². The van der Waals surface area contributed by atoms with Crippen molar-refractivity contribution in [3.05, 3.63) is 63.3 Å². The van der Waals surface area contributed by atoms with E-state index in [1.807, 2.05) is 0 Å². The van der Waals surface area contributed by atoms with Crippen molar-refractivity contribution in [3.63, 3.8) is 0 Å². The third-order valence-electron chi connectivity index (χ3n) is 5.01. The predicted molar refractivity (Wildman–Crippen MR) is 94.8 cm³/mol. The largest absolute Gasteiger partial charge is 0.481 e. The number of carboxylic acid groups (broad SMARTS) is 1. The van der Waals surface area contributed by atoms with Gasteiger partial charge in [0.05, 0.1) is 11.6 Å². The van der Waals surface area contributed by atoms with Crippen LogP contribution in [0, 0.1) is 25.6 Å². The van der Waals surface area contributed by atoms with Crippen LogP contribution in [0.3, 0.4) is 0 Å². The molecule has 3 rings (SSSR count). The van der Waals surface area contributed by atoms with Crippen molar-refractivity contribution in [2.45, 2.75) is 26.3 Å². The summed E-state index contributed by atoms with van der Waals surface area (Å²) in [6, 6.07) is 7.05. The molecule has 2 atom stereocenters. The van der Waals surface area contributed by atoms with Gasteiger partial charge in [0.1, 0.15) is 12.4 Å². The predicted octanol–water partition coefficient (Wildman–Crippen LogP) is 1.33. The summed E-state index contributed by atoms with van der Waals surface area (Å²) < 4.78 is 14.2. The molecule has 0 bridgehead atoms. The minimum absolute atomic E-state index is 0.0375. The van der Waals surface area contributed by atoms with Gasteiger partial charge in [-0.15, -0.1) is 0 Å². The molecule has 2 heterocycles. The summed E-state index contributed by atoms with van der Waals surface area (Å²) in [5, 5.41) is 13.6. The van der Waals surface area contributed by atoms with Crippen LogP contribution in [0.2, 0.25) is 0 Å². The second-order valence-corrected chi connectivity index (χ2v) is 6.81. The molecule has 0 aliphatic carbocycles. The van der Waals surface area contributed by atoms with E-state index in [1.165, 1.54) is 23.1 Å². The van der Waals surface area contributed by atoms with Crippen molar-refractivity contribution >= 4 is 11.9 Å². The smallest absolute Gasteiger partial charge is 0.308 e. The Kier molecular flexibility index (Phi) is 5.07. The summed E-state index contributed by atoms with van der Waals surface area (Å²) in [7, 11) is 0. The quantitative estimate of drug-likeness (QED) is 0.873. The molecule has 1 fully saturated rings. The Morgan fingerprint density at radius 3 is 2.52 bits per heavy atom. The highest BCUT2D eigenvalue weighted by molar-refractivity contribution is 5.79. The summed E-state index contributed by atoms with van der Waals surface area (Å²) in [6.07, 6.45) is 0. The molecule has 1 amide bonds. The van der Waals surface area contributed by atoms with Crippen LogP contribution in [-0.4, -0.2) is 44.8 Å². The van der Waals surface area contributed by atoms with E-state index in [2.05, 4.69) is 5.10 Å². The maximum absolute atomic E-state index is 13.2. The van der Waals surface area contributed by atoms with E-state index >= 15 is 0 Å². The number of benzene rings is 1. The molecule has 0 unspecified atom stereocenters. The Labute approximate surface area is 155 Å². The number of carboxylic acids is 1. The van der Waals surface area contributed by atoms with Crippen molar-refractivity contribution in [2.75, 3.05) is 13.1 Å². The van der Waals surface area contributed by atoms with Gasteiger partial charge < -0.3 is 10.0 Å². The number of halogens is 1. The van der Waals surface area contributed by atoms with Crippen LogP contribution in [-0.2, 0) is 16.1 Å². The average Bonchev–Trinajstić information content (AvgIpc) is 3.06. The lowest BCUT2D eigenvalue weighted by Crippen LogP contribution is -2.36. The molecule has 1 saturated heterocycles. The van der Waals surface area contributed by atoms with Crippen molar-refractivity contribution in [2.24, 2.45) is 5.92 Å². The molecule has 1 aromatic carbocycles. The number of carbonyl (C=O) groups excluding carboxylic acids is 1. The number of carbonyl (C=O) groups is 2. The van der Waals surface area contributed by atoms with E-state index in [9.17, 15) is 23.9 Å². The molecule has 0 saturated carbocycles. The van der Waals surface area contributed by atoms with Crippen LogP contribution in [0.15, 0.2) is 35.1 Å². The number of hydrogen-bond acceptors (Lipinski definition) is 4. The van der Waals surface area contributed by atoms with E-state index in [4.69, 9.17) is 0 Å². The zero-order valence-corrected chi connectivity index (χ0v) is 15.1. The standard InChI is InChI=1S/C19H20FN3O4/c1-11-7-17(24)23(21-12(11)2)10-18(25)22-8-15(16(9-22)19(26)27)13-3-5-14(20)6-4-13/h3-7,15-16H,8-10H2,1-2H3,(H,26,27)/t15-,16+/m0/s1. The van der Waals surface area contributed by atoms with Crippen molar-refractivity contribution in [3.8, 4) is 0 Å². The number of aliphatic carboxylic acids is 1. The highest BCUT2D eigenvalue weighted by Gasteiger charge is 2.40. The molecule has 2 aromatic rings. The topological polar surface area (TPSA) is 92.5 Å². The summed E-state index contributed by atoms with van der Waals surface area (Å²) in [5.41, 5.74) is 1.68. The number of rotatable bonds is 4. The van der Waals surface area contributed by atoms with Gasteiger partial charge in [0.25, 0.3) is 5.56 Å². The second kappa shape index (κ2) is 7.30. The fourth-order valence-corrected chi connectivity index (χ4v) is 3.32. The fraction of sp³-hybridized carbons (Fsp3) is 0.368. The van der Waals surface area contributed by atoms with Gasteiger partial charge in [-0.25, -0.2) is 9.07 Å². The average molecular weight is 373 g/mol. The van der Waals surface area contributed by atoms with Crippen LogP contribution in [0.1, 0.15) is 22.7 Å². The molecule has 1 aromatic heterocycles. The van der Waals surface area contributed by atoms with Crippen LogP contribution >= 0.6 is 0 Å². The Hall–Kier alpha value is -3.03. The van der Waals surface area contributed by atoms with Gasteiger partial charge in [0.2, 0.25) is 5.91 Å². The van der Waals surface area contributed by atoms with Crippen molar-refractivity contribution < 1.29 is 19.1 Å². The first-order valence-electron chi connectivity index (χ1n) is 8.57. The maximum Gasteiger partial charge on any atom is 0.308 e. The molecule has 7 nitrogen and oxygen atoms in total. The van der Waals surface area contributed by atoms with Gasteiger partial charge in [-0.05, 0) is 37.1 Å². The number of aromatic nitrogens is 2. The number of hydrogen-bond donors (Lipinski definition) is 1. The third-order valence-corrected chi connectivity index (χ3v) is 5.01. The van der Waals surface area contributed by atoms with E-state index in [1.54, 1.807) is 26.0 Å². The zero-order chi connectivity index (χ0) is 19.7. The number of aryl methyl sites for hydroxylation is 2. The number of likely N-dealkylation sites (tertiary alicyclic amines) is 1.